The molecule has 1 aromatic carbocycles. The Bertz CT molecular complexity index is 419. The number of methoxy groups -OCH3 is 3. The molecule has 0 aliphatic rings. The zero-order valence-corrected chi connectivity index (χ0v) is 11.7. The Morgan fingerprint density at radius 1 is 1.18 bits per heavy atom. The summed E-state index contributed by atoms with van der Waals surface area (Å²) in [5.74, 6) is 1.95. The molecule has 0 aromatic heterocycles. The molecule has 5 heteroatoms. The minimum atomic E-state index is 0.446. The highest BCUT2D eigenvalue weighted by Gasteiger charge is 2.17. The highest BCUT2D eigenvalue weighted by molar-refractivity contribution is 9.10. The van der Waals surface area contributed by atoms with Crippen LogP contribution in [0.15, 0.2) is 16.6 Å². The van der Waals surface area contributed by atoms with E-state index in [4.69, 9.17) is 19.9 Å². The maximum Gasteiger partial charge on any atom is 0.171 e. The van der Waals surface area contributed by atoms with Gasteiger partial charge in [0.2, 0.25) is 0 Å². The van der Waals surface area contributed by atoms with E-state index >= 15 is 0 Å². The molecule has 4 nitrogen and oxygen atoms in total. The number of hydrogen-bond donors (Lipinski definition) is 1. The second-order valence-corrected chi connectivity index (χ2v) is 4.03. The Morgan fingerprint density at radius 2 is 1.82 bits per heavy atom. The van der Waals surface area contributed by atoms with Crippen LogP contribution in [0.5, 0.6) is 17.2 Å². The summed E-state index contributed by atoms with van der Waals surface area (Å²) in [6.45, 7) is 0.446. The molecule has 0 amide bonds. The second kappa shape index (κ2) is 6.51. The SMILES string of the molecule is COc1cc(Br)c(OC)c(/C=C/CN)c1OC. The molecule has 0 atom stereocenters. The lowest BCUT2D eigenvalue weighted by molar-refractivity contribution is 0.347. The lowest BCUT2D eigenvalue weighted by Gasteiger charge is -2.15. The topological polar surface area (TPSA) is 53.7 Å². The Labute approximate surface area is 109 Å². The van der Waals surface area contributed by atoms with Crippen molar-refractivity contribution in [3.05, 3.63) is 22.2 Å². The standard InChI is InChI=1S/C12H16BrNO3/c1-15-10-7-9(13)11(16-2)8(5-4-6-14)12(10)17-3/h4-5,7H,6,14H2,1-3H3/b5-4+. The van der Waals surface area contributed by atoms with Crippen LogP contribution >= 0.6 is 15.9 Å². The molecule has 1 rings (SSSR count). The summed E-state index contributed by atoms with van der Waals surface area (Å²) < 4.78 is 16.7. The Hall–Kier alpha value is -1.20. The molecular weight excluding hydrogens is 286 g/mol. The molecule has 2 N–H and O–H groups in total. The average molecular weight is 302 g/mol. The van der Waals surface area contributed by atoms with Gasteiger partial charge in [-0.1, -0.05) is 12.2 Å². The Balaban J connectivity index is 3.46. The third kappa shape index (κ3) is 2.92. The van der Waals surface area contributed by atoms with Crippen molar-refractivity contribution in [2.24, 2.45) is 5.73 Å². The first-order chi connectivity index (χ1) is 8.19. The number of benzene rings is 1. The van der Waals surface area contributed by atoms with Crippen LogP contribution in [0.2, 0.25) is 0 Å². The van der Waals surface area contributed by atoms with E-state index in [1.54, 1.807) is 27.4 Å². The Morgan fingerprint density at radius 3 is 2.29 bits per heavy atom. The molecule has 1 aromatic rings. The van der Waals surface area contributed by atoms with E-state index < -0.39 is 0 Å². The maximum atomic E-state index is 5.46. The third-order valence-corrected chi connectivity index (χ3v) is 2.83. The van der Waals surface area contributed by atoms with Crippen molar-refractivity contribution < 1.29 is 14.2 Å². The minimum Gasteiger partial charge on any atom is -0.495 e. The van der Waals surface area contributed by atoms with E-state index in [0.717, 1.165) is 10.0 Å². The predicted molar refractivity (Wildman–Crippen MR) is 71.9 cm³/mol. The summed E-state index contributed by atoms with van der Waals surface area (Å²) in [5.41, 5.74) is 6.25. The van der Waals surface area contributed by atoms with Gasteiger partial charge >= 0.3 is 0 Å². The number of nitrogens with two attached hydrogens (primary N) is 1. The van der Waals surface area contributed by atoms with E-state index in [0.29, 0.717) is 23.8 Å². The van der Waals surface area contributed by atoms with Crippen molar-refractivity contribution in [2.45, 2.75) is 0 Å². The monoisotopic (exact) mass is 301 g/mol. The van der Waals surface area contributed by atoms with Crippen molar-refractivity contribution >= 4 is 22.0 Å². The quantitative estimate of drug-likeness (QED) is 0.907. The van der Waals surface area contributed by atoms with E-state index in [1.807, 2.05) is 12.2 Å². The van der Waals surface area contributed by atoms with Crippen molar-refractivity contribution in [3.8, 4) is 17.2 Å². The number of hydrogen-bond acceptors (Lipinski definition) is 4. The van der Waals surface area contributed by atoms with Gasteiger partial charge in [-0.15, -0.1) is 0 Å². The second-order valence-electron chi connectivity index (χ2n) is 3.18. The van der Waals surface area contributed by atoms with Gasteiger partial charge in [0.15, 0.2) is 11.5 Å². The van der Waals surface area contributed by atoms with Gasteiger partial charge in [0.05, 0.1) is 31.4 Å². The molecule has 0 aliphatic heterocycles. The van der Waals surface area contributed by atoms with Crippen LogP contribution in [0, 0.1) is 0 Å². The summed E-state index contributed by atoms with van der Waals surface area (Å²) in [4.78, 5) is 0. The highest BCUT2D eigenvalue weighted by atomic mass is 79.9. The fourth-order valence-corrected chi connectivity index (χ4v) is 2.10. The summed E-state index contributed by atoms with van der Waals surface area (Å²) in [5, 5.41) is 0. The fraction of sp³-hybridized carbons (Fsp3) is 0.333. The van der Waals surface area contributed by atoms with Gasteiger partial charge in [-0.3, -0.25) is 0 Å². The molecule has 0 bridgehead atoms. The molecule has 0 radical (unpaired) electrons. The highest BCUT2D eigenvalue weighted by Crippen LogP contribution is 2.43. The van der Waals surface area contributed by atoms with Crippen molar-refractivity contribution in [1.82, 2.24) is 0 Å². The lowest BCUT2D eigenvalue weighted by Crippen LogP contribution is -1.98. The molecule has 0 saturated carbocycles. The summed E-state index contributed by atoms with van der Waals surface area (Å²) in [6, 6.07) is 1.80. The molecule has 94 valence electrons. The maximum absolute atomic E-state index is 5.46. The molecule has 0 unspecified atom stereocenters. The van der Waals surface area contributed by atoms with E-state index in [1.165, 1.54) is 0 Å². The smallest absolute Gasteiger partial charge is 0.171 e. The lowest BCUT2D eigenvalue weighted by atomic mass is 10.1. The van der Waals surface area contributed by atoms with E-state index in [2.05, 4.69) is 15.9 Å². The van der Waals surface area contributed by atoms with E-state index in [-0.39, 0.29) is 0 Å². The molecule has 0 fully saturated rings. The molecule has 17 heavy (non-hydrogen) atoms. The molecule has 0 saturated heterocycles. The van der Waals surface area contributed by atoms with Crippen molar-refractivity contribution in [3.63, 3.8) is 0 Å². The van der Waals surface area contributed by atoms with Gasteiger partial charge in [0.1, 0.15) is 5.75 Å². The van der Waals surface area contributed by atoms with Crippen LogP contribution in [0.4, 0.5) is 0 Å². The number of rotatable bonds is 5. The average Bonchev–Trinajstić information content (AvgIpc) is 2.35. The third-order valence-electron chi connectivity index (χ3n) is 2.24. The van der Waals surface area contributed by atoms with Crippen molar-refractivity contribution in [2.75, 3.05) is 27.9 Å². The zero-order valence-electron chi connectivity index (χ0n) is 10.1. The molecule has 0 heterocycles. The predicted octanol–water partition coefficient (Wildman–Crippen LogP) is 2.45. The normalized spacial score (nSPS) is 10.6. The van der Waals surface area contributed by atoms with E-state index in [9.17, 15) is 0 Å². The van der Waals surface area contributed by atoms with Gasteiger partial charge in [0, 0.05) is 12.6 Å². The van der Waals surface area contributed by atoms with Crippen LogP contribution in [0.3, 0.4) is 0 Å². The minimum absolute atomic E-state index is 0.446. The van der Waals surface area contributed by atoms with Gasteiger partial charge in [0.25, 0.3) is 0 Å². The van der Waals surface area contributed by atoms with Gasteiger partial charge in [-0.05, 0) is 15.9 Å². The van der Waals surface area contributed by atoms with Gasteiger partial charge in [-0.2, -0.15) is 0 Å². The number of ether oxygens (including phenoxy) is 3. The Kier molecular flexibility index (Phi) is 5.31. The van der Waals surface area contributed by atoms with Gasteiger partial charge in [-0.25, -0.2) is 0 Å². The summed E-state index contributed by atoms with van der Waals surface area (Å²) >= 11 is 3.43. The van der Waals surface area contributed by atoms with Gasteiger partial charge < -0.3 is 19.9 Å². The number of halogens is 1. The van der Waals surface area contributed by atoms with Crippen LogP contribution in [-0.4, -0.2) is 27.9 Å². The van der Waals surface area contributed by atoms with Crippen LogP contribution in [0.25, 0.3) is 6.08 Å². The molecular formula is C12H16BrNO3. The largest absolute Gasteiger partial charge is 0.495 e. The van der Waals surface area contributed by atoms with Crippen LogP contribution in [-0.2, 0) is 0 Å². The first-order valence-electron chi connectivity index (χ1n) is 5.04. The zero-order chi connectivity index (χ0) is 12.8. The summed E-state index contributed by atoms with van der Waals surface area (Å²) in [7, 11) is 4.78. The fourth-order valence-electron chi connectivity index (χ4n) is 1.52. The summed E-state index contributed by atoms with van der Waals surface area (Å²) in [6.07, 6.45) is 3.68. The van der Waals surface area contributed by atoms with Crippen LogP contribution in [0.1, 0.15) is 5.56 Å². The first kappa shape index (κ1) is 13.9. The van der Waals surface area contributed by atoms with Crippen molar-refractivity contribution in [1.29, 1.82) is 0 Å². The first-order valence-corrected chi connectivity index (χ1v) is 5.83. The molecule has 0 aliphatic carbocycles. The van der Waals surface area contributed by atoms with Crippen LogP contribution < -0.4 is 19.9 Å². The molecule has 0 spiro atoms.